The number of benzene rings is 2. The number of fused-ring (bicyclic) bond motifs is 1. The van der Waals surface area contributed by atoms with Gasteiger partial charge in [0.25, 0.3) is 0 Å². The third-order valence-electron chi connectivity index (χ3n) is 6.62. The molecular weight excluding hydrogens is 529 g/mol. The lowest BCUT2D eigenvalue weighted by atomic mass is 9.78. The third kappa shape index (κ3) is 6.35. The quantitative estimate of drug-likeness (QED) is 0.258. The molecular formula is C29H33F3N2O6. The molecule has 0 amide bonds. The molecule has 216 valence electrons. The number of carboxylic acid groups (broad SMARTS) is 1. The number of carbonyl (C=O) groups is 3. The van der Waals surface area contributed by atoms with Crippen molar-refractivity contribution in [1.29, 1.82) is 5.41 Å². The molecule has 2 aromatic carbocycles. The molecule has 0 aromatic heterocycles. The van der Waals surface area contributed by atoms with Crippen LogP contribution in [0.2, 0.25) is 0 Å². The maximum atomic E-state index is 13.5. The molecule has 1 unspecified atom stereocenters. The molecule has 0 saturated heterocycles. The molecule has 0 spiro atoms. The number of nitrogens with one attached hydrogen (secondary N) is 1. The molecule has 1 aliphatic rings. The van der Waals surface area contributed by atoms with Gasteiger partial charge >= 0.3 is 18.1 Å². The second kappa shape index (κ2) is 10.7. The van der Waals surface area contributed by atoms with Crippen LogP contribution in [0.15, 0.2) is 30.3 Å². The van der Waals surface area contributed by atoms with E-state index < -0.39 is 35.0 Å². The number of carbonyl (C=O) groups excluding carboxylic acids is 2. The standard InChI is InChI=1S/C29H33F3N2O6/c1-27(2,3)19-11-17(12-20(28(4,5)6)23(19)40-26(38)29(30,31)32)21(35)14-34-13-16-9-8-15(10-18(16)24(34)33)22(39-7)25(36)37/h8-12,22,33H,13-14H2,1-7H3,(H,36,37). The first-order valence-corrected chi connectivity index (χ1v) is 12.5. The molecule has 40 heavy (non-hydrogen) atoms. The highest BCUT2D eigenvalue weighted by atomic mass is 19.4. The van der Waals surface area contributed by atoms with Gasteiger partial charge in [-0.1, -0.05) is 53.7 Å². The zero-order valence-corrected chi connectivity index (χ0v) is 23.4. The summed E-state index contributed by atoms with van der Waals surface area (Å²) in [6, 6.07) is 7.74. The van der Waals surface area contributed by atoms with Crippen molar-refractivity contribution < 1.29 is 42.1 Å². The number of ether oxygens (including phenoxy) is 2. The van der Waals surface area contributed by atoms with Crippen LogP contribution < -0.4 is 4.74 Å². The van der Waals surface area contributed by atoms with Crippen molar-refractivity contribution in [1.82, 2.24) is 4.90 Å². The van der Waals surface area contributed by atoms with Gasteiger partial charge in [-0.05, 0) is 40.2 Å². The Morgan fingerprint density at radius 2 is 1.55 bits per heavy atom. The molecule has 0 bridgehead atoms. The van der Waals surface area contributed by atoms with Crippen LogP contribution in [-0.2, 0) is 31.7 Å². The average molecular weight is 563 g/mol. The van der Waals surface area contributed by atoms with Gasteiger partial charge in [0.15, 0.2) is 11.9 Å². The van der Waals surface area contributed by atoms with Gasteiger partial charge in [0.2, 0.25) is 0 Å². The van der Waals surface area contributed by atoms with Crippen LogP contribution in [0.3, 0.4) is 0 Å². The van der Waals surface area contributed by atoms with Crippen LogP contribution in [0, 0.1) is 5.41 Å². The zero-order chi connectivity index (χ0) is 30.4. The van der Waals surface area contributed by atoms with E-state index in [0.29, 0.717) is 11.1 Å². The van der Waals surface area contributed by atoms with E-state index in [9.17, 15) is 32.7 Å². The fourth-order valence-corrected chi connectivity index (χ4v) is 4.51. The van der Waals surface area contributed by atoms with E-state index in [4.69, 9.17) is 14.9 Å². The molecule has 1 heterocycles. The number of amidine groups is 1. The van der Waals surface area contributed by atoms with Crippen molar-refractivity contribution in [2.24, 2.45) is 0 Å². The first kappa shape index (κ1) is 30.8. The molecule has 2 aromatic rings. The van der Waals surface area contributed by atoms with Gasteiger partial charge in [0, 0.05) is 35.9 Å². The Morgan fingerprint density at radius 3 is 2.00 bits per heavy atom. The predicted octanol–water partition coefficient (Wildman–Crippen LogP) is 5.55. The maximum Gasteiger partial charge on any atom is 0.491 e. The largest absolute Gasteiger partial charge is 0.491 e. The molecule has 0 radical (unpaired) electrons. The molecule has 3 rings (SSSR count). The Kier molecular flexibility index (Phi) is 8.23. The monoisotopic (exact) mass is 562 g/mol. The fraction of sp³-hybridized carbons (Fsp3) is 0.448. The summed E-state index contributed by atoms with van der Waals surface area (Å²) in [4.78, 5) is 38.4. The molecule has 0 saturated carbocycles. The number of ketones is 1. The summed E-state index contributed by atoms with van der Waals surface area (Å²) in [6.45, 7) is 10.5. The van der Waals surface area contributed by atoms with Gasteiger partial charge in [-0.25, -0.2) is 9.59 Å². The highest BCUT2D eigenvalue weighted by molar-refractivity contribution is 6.05. The number of nitrogens with zero attached hydrogens (tertiary/aromatic N) is 1. The second-order valence-corrected chi connectivity index (χ2v) is 11.8. The maximum absolute atomic E-state index is 13.5. The third-order valence-corrected chi connectivity index (χ3v) is 6.62. The lowest BCUT2D eigenvalue weighted by Crippen LogP contribution is -2.32. The average Bonchev–Trinajstić information content (AvgIpc) is 3.11. The van der Waals surface area contributed by atoms with Crippen LogP contribution >= 0.6 is 0 Å². The van der Waals surface area contributed by atoms with E-state index in [1.54, 1.807) is 59.7 Å². The van der Waals surface area contributed by atoms with Crippen molar-refractivity contribution in [2.75, 3.05) is 13.7 Å². The normalized spacial score (nSPS) is 14.7. The Bertz CT molecular complexity index is 1330. The molecule has 8 nitrogen and oxygen atoms in total. The van der Waals surface area contributed by atoms with E-state index in [1.165, 1.54) is 24.1 Å². The Hall–Kier alpha value is -3.73. The molecule has 1 atom stereocenters. The molecule has 11 heteroatoms. The van der Waals surface area contributed by atoms with E-state index in [2.05, 4.69) is 0 Å². The molecule has 2 N–H and O–H groups in total. The highest BCUT2D eigenvalue weighted by Crippen LogP contribution is 2.42. The van der Waals surface area contributed by atoms with E-state index in [0.717, 1.165) is 5.56 Å². The van der Waals surface area contributed by atoms with E-state index >= 15 is 0 Å². The number of methoxy groups -OCH3 is 1. The molecule has 0 aliphatic carbocycles. The number of halogens is 3. The minimum absolute atomic E-state index is 0.0354. The van der Waals surface area contributed by atoms with Crippen molar-refractivity contribution in [3.05, 3.63) is 63.7 Å². The summed E-state index contributed by atoms with van der Waals surface area (Å²) in [5.74, 6) is -4.09. The van der Waals surface area contributed by atoms with Gasteiger partial charge in [-0.3, -0.25) is 10.2 Å². The summed E-state index contributed by atoms with van der Waals surface area (Å²) in [5.41, 5.74) is 0.751. The number of esters is 1. The Morgan fingerprint density at radius 1 is 1.00 bits per heavy atom. The van der Waals surface area contributed by atoms with Crippen LogP contribution in [0.1, 0.15) is 85.8 Å². The summed E-state index contributed by atoms with van der Waals surface area (Å²) in [6.07, 6.45) is -6.40. The smallest absolute Gasteiger partial charge is 0.479 e. The summed E-state index contributed by atoms with van der Waals surface area (Å²) >= 11 is 0. The number of aliphatic carboxylic acids is 1. The van der Waals surface area contributed by atoms with Crippen LogP contribution in [0.25, 0.3) is 0 Å². The number of carboxylic acids is 1. The Balaban J connectivity index is 1.99. The van der Waals surface area contributed by atoms with Crippen molar-refractivity contribution in [3.63, 3.8) is 0 Å². The van der Waals surface area contributed by atoms with Crippen molar-refractivity contribution in [3.8, 4) is 5.75 Å². The molecule has 1 aliphatic heterocycles. The van der Waals surface area contributed by atoms with E-state index in [-0.39, 0.29) is 47.1 Å². The summed E-state index contributed by atoms with van der Waals surface area (Å²) in [5, 5.41) is 18.0. The minimum atomic E-state index is -5.20. The van der Waals surface area contributed by atoms with Gasteiger partial charge in [-0.15, -0.1) is 0 Å². The van der Waals surface area contributed by atoms with Gasteiger partial charge in [0.1, 0.15) is 11.6 Å². The minimum Gasteiger partial charge on any atom is -0.479 e. The first-order chi connectivity index (χ1) is 18.3. The van der Waals surface area contributed by atoms with Crippen LogP contribution in [0.5, 0.6) is 5.75 Å². The summed E-state index contributed by atoms with van der Waals surface area (Å²) < 4.78 is 49.3. The lowest BCUT2D eigenvalue weighted by Gasteiger charge is -2.30. The fourth-order valence-electron chi connectivity index (χ4n) is 4.51. The van der Waals surface area contributed by atoms with E-state index in [1.807, 2.05) is 0 Å². The number of rotatable bonds is 7. The second-order valence-electron chi connectivity index (χ2n) is 11.8. The topological polar surface area (TPSA) is 117 Å². The van der Waals surface area contributed by atoms with Crippen LogP contribution in [-0.4, -0.2) is 53.4 Å². The van der Waals surface area contributed by atoms with Crippen molar-refractivity contribution >= 4 is 23.6 Å². The zero-order valence-electron chi connectivity index (χ0n) is 23.4. The lowest BCUT2D eigenvalue weighted by molar-refractivity contribution is -0.189. The van der Waals surface area contributed by atoms with Gasteiger partial charge < -0.3 is 19.5 Å². The first-order valence-electron chi connectivity index (χ1n) is 12.5. The number of hydrogen-bond acceptors (Lipinski definition) is 6. The highest BCUT2D eigenvalue weighted by Gasteiger charge is 2.43. The van der Waals surface area contributed by atoms with Gasteiger partial charge in [-0.2, -0.15) is 13.2 Å². The number of alkyl halides is 3. The number of Topliss-reactive ketones (excluding diaryl/α,β-unsaturated/α-hetero) is 1. The molecule has 0 fully saturated rings. The van der Waals surface area contributed by atoms with Gasteiger partial charge in [0.05, 0.1) is 6.54 Å². The number of hydrogen-bond donors (Lipinski definition) is 2. The SMILES string of the molecule is COC(C(=O)O)c1ccc2c(c1)C(=N)N(CC(=O)c1cc(C(C)(C)C)c(OC(=O)C(F)(F)F)c(C(C)(C)C)c1)C2. The van der Waals surface area contributed by atoms with Crippen molar-refractivity contribution in [2.45, 2.75) is 71.2 Å². The Labute approximate surface area is 230 Å². The van der Waals surface area contributed by atoms with Crippen LogP contribution in [0.4, 0.5) is 13.2 Å². The predicted molar refractivity (Wildman–Crippen MR) is 141 cm³/mol. The summed E-state index contributed by atoms with van der Waals surface area (Å²) in [7, 11) is 1.27.